The van der Waals surface area contributed by atoms with E-state index in [1.807, 2.05) is 0 Å². The predicted molar refractivity (Wildman–Crippen MR) is 68.1 cm³/mol. The fourth-order valence-electron chi connectivity index (χ4n) is 1.40. The zero-order valence-electron chi connectivity index (χ0n) is 9.35. The first-order valence-electron chi connectivity index (χ1n) is 5.21. The van der Waals surface area contributed by atoms with Gasteiger partial charge in [-0.3, -0.25) is 10.1 Å². The Morgan fingerprint density at radius 3 is 2.50 bits per heavy atom. The number of pyridine rings is 1. The van der Waals surface area contributed by atoms with E-state index in [0.717, 1.165) is 10.3 Å². The van der Waals surface area contributed by atoms with Gasteiger partial charge in [0.05, 0.1) is 4.92 Å². The number of rotatable bonds is 4. The van der Waals surface area contributed by atoms with E-state index in [1.165, 1.54) is 30.1 Å². The molecule has 0 unspecified atom stereocenters. The van der Waals surface area contributed by atoms with Crippen molar-refractivity contribution in [3.05, 3.63) is 69.5 Å². The number of nitro groups is 1. The lowest BCUT2D eigenvalue weighted by Crippen LogP contribution is -2.27. The predicted octanol–water partition coefficient (Wildman–Crippen LogP) is 2.52. The lowest BCUT2D eigenvalue weighted by atomic mass is 10.2. The molecule has 0 aliphatic rings. The highest BCUT2D eigenvalue weighted by atomic mass is 32.2. The summed E-state index contributed by atoms with van der Waals surface area (Å²) in [5, 5.41) is 22.5. The van der Waals surface area contributed by atoms with Gasteiger partial charge in [0, 0.05) is 30.0 Å². The zero-order chi connectivity index (χ0) is 13.0. The van der Waals surface area contributed by atoms with E-state index in [1.54, 1.807) is 30.3 Å². The van der Waals surface area contributed by atoms with Gasteiger partial charge >= 0.3 is 0 Å². The molecule has 6 heteroatoms. The quantitative estimate of drug-likeness (QED) is 0.279. The number of nitro benzene ring substituents is 1. The molecule has 0 saturated carbocycles. The normalized spacial score (nSPS) is 10.2. The van der Waals surface area contributed by atoms with Gasteiger partial charge in [0.25, 0.3) is 10.7 Å². The summed E-state index contributed by atoms with van der Waals surface area (Å²) < 4.78 is 0.802. The van der Waals surface area contributed by atoms with Crippen LogP contribution in [-0.2, 0) is 5.75 Å². The van der Waals surface area contributed by atoms with E-state index in [9.17, 15) is 15.3 Å². The maximum atomic E-state index is 11.4. The fraction of sp³-hybridized carbons (Fsp3) is 0.0833. The highest BCUT2D eigenvalue weighted by Gasteiger charge is 2.07. The topological polar surface area (TPSA) is 70.1 Å². The van der Waals surface area contributed by atoms with E-state index in [2.05, 4.69) is 0 Å². The Kier molecular flexibility index (Phi) is 3.78. The van der Waals surface area contributed by atoms with Crippen LogP contribution in [0.5, 0.6) is 0 Å². The maximum absolute atomic E-state index is 11.4. The molecule has 0 fully saturated rings. The lowest BCUT2D eigenvalue weighted by Gasteiger charge is -2.03. The molecule has 0 radical (unpaired) electrons. The van der Waals surface area contributed by atoms with Crippen LogP contribution < -0.4 is 4.73 Å². The SMILES string of the molecule is O=[N+]([O-])c1ccc(CSc2cccc[n+]2[O-])cc1. The van der Waals surface area contributed by atoms with Crippen molar-refractivity contribution >= 4 is 17.4 Å². The minimum absolute atomic E-state index is 0.0716. The third-order valence-electron chi connectivity index (χ3n) is 2.32. The second-order valence-electron chi connectivity index (χ2n) is 3.58. The zero-order valence-corrected chi connectivity index (χ0v) is 10.2. The Hall–Kier alpha value is -2.08. The minimum Gasteiger partial charge on any atom is -0.618 e. The van der Waals surface area contributed by atoms with Gasteiger partial charge in [-0.05, 0) is 11.6 Å². The largest absolute Gasteiger partial charge is 0.618 e. The van der Waals surface area contributed by atoms with Gasteiger partial charge in [0.1, 0.15) is 0 Å². The molecule has 0 amide bonds. The molecule has 0 bridgehead atoms. The molecule has 92 valence electrons. The van der Waals surface area contributed by atoms with Crippen LogP contribution in [0.4, 0.5) is 5.69 Å². The molecule has 0 atom stereocenters. The van der Waals surface area contributed by atoms with Crippen molar-refractivity contribution in [3.63, 3.8) is 0 Å². The van der Waals surface area contributed by atoms with Crippen molar-refractivity contribution in [2.45, 2.75) is 10.8 Å². The third kappa shape index (κ3) is 2.98. The van der Waals surface area contributed by atoms with Crippen LogP contribution in [0.2, 0.25) is 0 Å². The summed E-state index contributed by atoms with van der Waals surface area (Å²) in [7, 11) is 0. The molecule has 0 aliphatic carbocycles. The van der Waals surface area contributed by atoms with Crippen LogP contribution in [-0.4, -0.2) is 4.92 Å². The van der Waals surface area contributed by atoms with E-state index in [0.29, 0.717) is 10.8 Å². The number of non-ortho nitro benzene ring substituents is 1. The van der Waals surface area contributed by atoms with Crippen LogP contribution >= 0.6 is 11.8 Å². The number of nitrogens with zero attached hydrogens (tertiary/aromatic N) is 2. The molecule has 1 aromatic carbocycles. The van der Waals surface area contributed by atoms with Crippen LogP contribution in [0.15, 0.2) is 53.7 Å². The fourth-order valence-corrected chi connectivity index (χ4v) is 2.27. The Morgan fingerprint density at radius 1 is 1.17 bits per heavy atom. The summed E-state index contributed by atoms with van der Waals surface area (Å²) in [5.41, 5.74) is 1.01. The molecule has 0 N–H and O–H groups in total. The Bertz CT molecular complexity index is 558. The monoisotopic (exact) mass is 262 g/mol. The van der Waals surface area contributed by atoms with Gasteiger partial charge < -0.3 is 5.21 Å². The lowest BCUT2D eigenvalue weighted by molar-refractivity contribution is -0.645. The summed E-state index contributed by atoms with van der Waals surface area (Å²) in [6, 6.07) is 11.5. The number of aromatic nitrogens is 1. The second-order valence-corrected chi connectivity index (χ2v) is 4.57. The molecule has 0 spiro atoms. The molecule has 2 rings (SSSR count). The van der Waals surface area contributed by atoms with E-state index < -0.39 is 4.92 Å². The van der Waals surface area contributed by atoms with E-state index in [-0.39, 0.29) is 5.69 Å². The second kappa shape index (κ2) is 5.50. The summed E-state index contributed by atoms with van der Waals surface area (Å²) in [4.78, 5) is 10.1. The van der Waals surface area contributed by atoms with Crippen molar-refractivity contribution in [2.75, 3.05) is 0 Å². The standard InChI is InChI=1S/C12H10N2O3S/c15-13-8-2-1-3-12(13)18-9-10-4-6-11(7-5-10)14(16)17/h1-8H,9H2. The summed E-state index contributed by atoms with van der Waals surface area (Å²) in [6.07, 6.45) is 1.44. The molecular weight excluding hydrogens is 252 g/mol. The van der Waals surface area contributed by atoms with Gasteiger partial charge in [-0.2, -0.15) is 4.73 Å². The average Bonchev–Trinajstić information content (AvgIpc) is 2.38. The molecule has 5 nitrogen and oxygen atoms in total. The third-order valence-corrected chi connectivity index (χ3v) is 3.41. The molecule has 1 aromatic heterocycles. The number of hydrogen-bond donors (Lipinski definition) is 0. The van der Waals surface area contributed by atoms with Gasteiger partial charge in [0.15, 0.2) is 6.20 Å². The first-order chi connectivity index (χ1) is 8.66. The van der Waals surface area contributed by atoms with Crippen LogP contribution in [0.3, 0.4) is 0 Å². The Balaban J connectivity index is 2.02. The highest BCUT2D eigenvalue weighted by Crippen LogP contribution is 2.21. The van der Waals surface area contributed by atoms with Crippen LogP contribution in [0.25, 0.3) is 0 Å². The Morgan fingerprint density at radius 2 is 1.89 bits per heavy atom. The van der Waals surface area contributed by atoms with Crippen molar-refractivity contribution in [2.24, 2.45) is 0 Å². The van der Waals surface area contributed by atoms with Crippen LogP contribution in [0, 0.1) is 15.3 Å². The van der Waals surface area contributed by atoms with Crippen LogP contribution in [0.1, 0.15) is 5.56 Å². The molecule has 2 aromatic rings. The van der Waals surface area contributed by atoms with E-state index >= 15 is 0 Å². The molecule has 18 heavy (non-hydrogen) atoms. The first-order valence-corrected chi connectivity index (χ1v) is 6.20. The van der Waals surface area contributed by atoms with Gasteiger partial charge in [-0.25, -0.2) is 0 Å². The smallest absolute Gasteiger partial charge is 0.269 e. The van der Waals surface area contributed by atoms with Gasteiger partial charge in [0.2, 0.25) is 0 Å². The van der Waals surface area contributed by atoms with Crippen molar-refractivity contribution in [1.82, 2.24) is 0 Å². The summed E-state index contributed by atoms with van der Waals surface area (Å²) in [5.74, 6) is 0.601. The van der Waals surface area contributed by atoms with Crippen molar-refractivity contribution in [3.8, 4) is 0 Å². The molecule has 0 aliphatic heterocycles. The summed E-state index contributed by atoms with van der Waals surface area (Å²) in [6.45, 7) is 0. The van der Waals surface area contributed by atoms with Gasteiger partial charge in [-0.15, -0.1) is 0 Å². The highest BCUT2D eigenvalue weighted by molar-refractivity contribution is 7.98. The first kappa shape index (κ1) is 12.4. The molecular formula is C12H10N2O3S. The number of hydrogen-bond acceptors (Lipinski definition) is 4. The Labute approximate surface area is 108 Å². The van der Waals surface area contributed by atoms with Gasteiger partial charge in [-0.1, -0.05) is 23.9 Å². The van der Waals surface area contributed by atoms with Crippen molar-refractivity contribution < 1.29 is 9.65 Å². The van der Waals surface area contributed by atoms with Crippen molar-refractivity contribution in [1.29, 1.82) is 0 Å². The maximum Gasteiger partial charge on any atom is 0.269 e. The molecule has 1 heterocycles. The number of thioether (sulfide) groups is 1. The molecule has 0 saturated heterocycles. The average molecular weight is 262 g/mol. The van der Waals surface area contributed by atoms with E-state index in [4.69, 9.17) is 0 Å². The number of benzene rings is 1. The minimum atomic E-state index is -0.431. The summed E-state index contributed by atoms with van der Waals surface area (Å²) >= 11 is 1.40.